The van der Waals surface area contributed by atoms with Crippen molar-refractivity contribution in [1.82, 2.24) is 0 Å². The lowest BCUT2D eigenvalue weighted by atomic mass is 9.49. The SMILES string of the molecule is C/C=C(\CC[C@@H](C)C1CCC2C3=C(CC(O)C21C)C1(CO)CCC(O)CC1CC3)C(C)C. The van der Waals surface area contributed by atoms with Crippen molar-refractivity contribution in [3.8, 4) is 0 Å². The molecule has 0 aromatic rings. The Hall–Kier alpha value is -0.640. The fourth-order valence-corrected chi connectivity index (χ4v) is 8.84. The molecule has 7 unspecified atom stereocenters. The molecule has 4 aliphatic carbocycles. The Labute approximate surface area is 196 Å². The highest BCUT2D eigenvalue weighted by Gasteiger charge is 2.60. The summed E-state index contributed by atoms with van der Waals surface area (Å²) < 4.78 is 0. The van der Waals surface area contributed by atoms with Crippen molar-refractivity contribution < 1.29 is 15.3 Å². The van der Waals surface area contributed by atoms with Crippen LogP contribution in [0.5, 0.6) is 0 Å². The van der Waals surface area contributed by atoms with E-state index in [0.717, 1.165) is 38.5 Å². The normalized spacial score (nSPS) is 43.2. The Kier molecular flexibility index (Phi) is 7.03. The number of aliphatic hydroxyl groups is 3. The topological polar surface area (TPSA) is 60.7 Å². The van der Waals surface area contributed by atoms with Gasteiger partial charge in [-0.05, 0) is 101 Å². The van der Waals surface area contributed by atoms with Crippen molar-refractivity contribution in [2.75, 3.05) is 6.61 Å². The van der Waals surface area contributed by atoms with Crippen LogP contribution in [0.25, 0.3) is 0 Å². The molecule has 32 heavy (non-hydrogen) atoms. The third-order valence-electron chi connectivity index (χ3n) is 10.8. The van der Waals surface area contributed by atoms with E-state index in [2.05, 4.69) is 40.7 Å². The zero-order valence-electron chi connectivity index (χ0n) is 21.2. The van der Waals surface area contributed by atoms with Gasteiger partial charge in [0.1, 0.15) is 0 Å². The van der Waals surface area contributed by atoms with Crippen LogP contribution in [0.15, 0.2) is 22.8 Å². The van der Waals surface area contributed by atoms with Crippen LogP contribution in [0.2, 0.25) is 0 Å². The maximum atomic E-state index is 11.7. The molecule has 0 heterocycles. The predicted molar refractivity (Wildman–Crippen MR) is 131 cm³/mol. The van der Waals surface area contributed by atoms with Gasteiger partial charge in [0.25, 0.3) is 0 Å². The third kappa shape index (κ3) is 3.75. The summed E-state index contributed by atoms with van der Waals surface area (Å²) in [5.74, 6) is 2.64. The van der Waals surface area contributed by atoms with Gasteiger partial charge in [-0.2, -0.15) is 0 Å². The molecule has 0 aromatic carbocycles. The first kappa shape index (κ1) is 24.5. The van der Waals surface area contributed by atoms with Crippen molar-refractivity contribution in [1.29, 1.82) is 0 Å². The highest BCUT2D eigenvalue weighted by Crippen LogP contribution is 2.66. The summed E-state index contributed by atoms with van der Waals surface area (Å²) in [6, 6.07) is 0. The molecular weight excluding hydrogens is 396 g/mol. The van der Waals surface area contributed by atoms with Gasteiger partial charge in [0, 0.05) is 10.8 Å². The summed E-state index contributed by atoms with van der Waals surface area (Å²) in [6.07, 6.45) is 12.0. The van der Waals surface area contributed by atoms with E-state index in [-0.39, 0.29) is 29.6 Å². The van der Waals surface area contributed by atoms with Gasteiger partial charge in [0.05, 0.1) is 18.8 Å². The van der Waals surface area contributed by atoms with E-state index in [9.17, 15) is 15.3 Å². The van der Waals surface area contributed by atoms with E-state index < -0.39 is 0 Å². The minimum atomic E-state index is -0.318. The molecule has 3 heteroatoms. The highest BCUT2D eigenvalue weighted by molar-refractivity contribution is 5.36. The maximum Gasteiger partial charge on any atom is 0.0639 e. The van der Waals surface area contributed by atoms with Gasteiger partial charge < -0.3 is 15.3 Å². The fraction of sp³-hybridized carbons (Fsp3) is 0.862. The van der Waals surface area contributed by atoms with Gasteiger partial charge in [-0.1, -0.05) is 50.5 Å². The van der Waals surface area contributed by atoms with Gasteiger partial charge in [0.15, 0.2) is 0 Å². The average Bonchev–Trinajstić information content (AvgIpc) is 3.13. The molecule has 3 N–H and O–H groups in total. The third-order valence-corrected chi connectivity index (χ3v) is 10.8. The monoisotopic (exact) mass is 444 g/mol. The first-order valence-corrected chi connectivity index (χ1v) is 13.5. The number of allylic oxidation sites excluding steroid dienone is 3. The molecule has 182 valence electrons. The van der Waals surface area contributed by atoms with Gasteiger partial charge >= 0.3 is 0 Å². The molecule has 2 saturated carbocycles. The molecule has 3 nitrogen and oxygen atoms in total. The lowest BCUT2D eigenvalue weighted by Crippen LogP contribution is -2.53. The van der Waals surface area contributed by atoms with Crippen LogP contribution in [0, 0.1) is 40.4 Å². The molecule has 4 aliphatic rings. The zero-order valence-corrected chi connectivity index (χ0v) is 21.2. The second-order valence-electron chi connectivity index (χ2n) is 12.3. The van der Waals surface area contributed by atoms with Crippen LogP contribution in [0.1, 0.15) is 98.8 Å². The first-order chi connectivity index (χ1) is 15.2. The Bertz CT molecular complexity index is 752. The zero-order chi connectivity index (χ0) is 23.3. The number of hydrogen-bond donors (Lipinski definition) is 3. The number of rotatable bonds is 6. The molecule has 8 atom stereocenters. The van der Waals surface area contributed by atoms with E-state index in [1.54, 1.807) is 11.1 Å². The van der Waals surface area contributed by atoms with Crippen molar-refractivity contribution in [3.05, 3.63) is 22.8 Å². The van der Waals surface area contributed by atoms with Gasteiger partial charge in [-0.15, -0.1) is 0 Å². The van der Waals surface area contributed by atoms with Crippen LogP contribution < -0.4 is 0 Å². The van der Waals surface area contributed by atoms with Crippen LogP contribution in [0.3, 0.4) is 0 Å². The molecular formula is C29H48O3. The first-order valence-electron chi connectivity index (χ1n) is 13.5. The summed E-state index contributed by atoms with van der Waals surface area (Å²) in [5, 5.41) is 32.6. The Morgan fingerprint density at radius 2 is 1.88 bits per heavy atom. The Morgan fingerprint density at radius 1 is 1.12 bits per heavy atom. The molecule has 0 aliphatic heterocycles. The molecule has 0 spiro atoms. The van der Waals surface area contributed by atoms with E-state index in [0.29, 0.717) is 29.6 Å². The smallest absolute Gasteiger partial charge is 0.0639 e. The van der Waals surface area contributed by atoms with Crippen molar-refractivity contribution in [2.45, 2.75) is 111 Å². The van der Waals surface area contributed by atoms with E-state index in [1.807, 2.05) is 0 Å². The standard InChI is InChI=1S/C29H48O3/c1-6-20(18(2)3)8-7-19(4)24-11-12-25-23-10-9-21-15-22(31)13-14-29(21,17-30)26(23)16-27(32)28(24,25)5/h6,18-19,21-22,24-25,27,30-32H,7-17H2,1-5H3/b20-6+/t19-,21?,22?,24?,25?,27?,28?,29?/m1/s1. The number of fused-ring (bicyclic) bond motifs is 4. The summed E-state index contributed by atoms with van der Waals surface area (Å²) in [6.45, 7) is 11.8. The average molecular weight is 445 g/mol. The maximum absolute atomic E-state index is 11.7. The van der Waals surface area contributed by atoms with E-state index in [4.69, 9.17) is 0 Å². The molecule has 0 aromatic heterocycles. The Morgan fingerprint density at radius 3 is 2.53 bits per heavy atom. The van der Waals surface area contributed by atoms with Crippen molar-refractivity contribution in [2.24, 2.45) is 40.4 Å². The van der Waals surface area contributed by atoms with Crippen molar-refractivity contribution in [3.63, 3.8) is 0 Å². The molecule has 4 rings (SSSR count). The highest BCUT2D eigenvalue weighted by atomic mass is 16.3. The van der Waals surface area contributed by atoms with Crippen LogP contribution in [0.4, 0.5) is 0 Å². The summed E-state index contributed by atoms with van der Waals surface area (Å²) >= 11 is 0. The summed E-state index contributed by atoms with van der Waals surface area (Å²) in [4.78, 5) is 0. The second-order valence-corrected chi connectivity index (χ2v) is 12.3. The number of hydrogen-bond acceptors (Lipinski definition) is 3. The van der Waals surface area contributed by atoms with Gasteiger partial charge in [-0.3, -0.25) is 0 Å². The van der Waals surface area contributed by atoms with Crippen LogP contribution >= 0.6 is 0 Å². The molecule has 0 radical (unpaired) electrons. The minimum Gasteiger partial charge on any atom is -0.395 e. The number of aliphatic hydroxyl groups excluding tert-OH is 3. The molecule has 0 bridgehead atoms. The largest absolute Gasteiger partial charge is 0.395 e. The fourth-order valence-electron chi connectivity index (χ4n) is 8.84. The minimum absolute atomic E-state index is 0.0379. The van der Waals surface area contributed by atoms with Crippen molar-refractivity contribution >= 4 is 0 Å². The lowest BCUT2D eigenvalue weighted by molar-refractivity contribution is -0.0663. The molecule has 2 fully saturated rings. The van der Waals surface area contributed by atoms with Crippen LogP contribution in [-0.4, -0.2) is 34.1 Å². The quantitative estimate of drug-likeness (QED) is 0.438. The van der Waals surface area contributed by atoms with E-state index >= 15 is 0 Å². The van der Waals surface area contributed by atoms with Crippen LogP contribution in [-0.2, 0) is 0 Å². The predicted octanol–water partition coefficient (Wildman–Crippen LogP) is 6.03. The lowest BCUT2D eigenvalue weighted by Gasteiger charge is -2.57. The Balaban J connectivity index is 1.59. The van der Waals surface area contributed by atoms with E-state index in [1.165, 1.54) is 31.3 Å². The second kappa shape index (κ2) is 9.19. The molecule has 0 saturated heterocycles. The van der Waals surface area contributed by atoms with Gasteiger partial charge in [-0.25, -0.2) is 0 Å². The van der Waals surface area contributed by atoms with Gasteiger partial charge in [0.2, 0.25) is 0 Å². The summed E-state index contributed by atoms with van der Waals surface area (Å²) in [5.41, 5.74) is 4.35. The molecule has 0 amide bonds. The summed E-state index contributed by atoms with van der Waals surface area (Å²) in [7, 11) is 0.